The highest BCUT2D eigenvalue weighted by molar-refractivity contribution is 6.30. The lowest BCUT2D eigenvalue weighted by Gasteiger charge is -2.61. The molecule has 1 aromatic rings. The minimum atomic E-state index is -1.12. The lowest BCUT2D eigenvalue weighted by Crippen LogP contribution is -2.59. The van der Waals surface area contributed by atoms with Crippen molar-refractivity contribution in [1.82, 2.24) is 0 Å². The maximum atomic E-state index is 11.1. The Morgan fingerprint density at radius 3 is 2.33 bits per heavy atom. The van der Waals surface area contributed by atoms with Gasteiger partial charge in [0.1, 0.15) is 5.60 Å². The van der Waals surface area contributed by atoms with Gasteiger partial charge in [0.05, 0.1) is 0 Å². The normalized spacial score (nSPS) is 40.2. The molecule has 2 unspecified atom stereocenters. The maximum absolute atomic E-state index is 11.1. The van der Waals surface area contributed by atoms with Gasteiger partial charge in [-0.15, -0.1) is 0 Å². The summed E-state index contributed by atoms with van der Waals surface area (Å²) in [6, 6.07) is 8.12. The van der Waals surface area contributed by atoms with Crippen molar-refractivity contribution in [2.75, 3.05) is 0 Å². The Labute approximate surface area is 129 Å². The predicted octanol–water partition coefficient (Wildman–Crippen LogP) is 4.63. The third kappa shape index (κ3) is 2.13. The first-order valence-corrected chi connectivity index (χ1v) is 8.05. The van der Waals surface area contributed by atoms with Crippen LogP contribution in [-0.2, 0) is 10.2 Å². The van der Waals surface area contributed by atoms with Crippen molar-refractivity contribution < 1.29 is 14.6 Å². The number of benzene rings is 1. The van der Waals surface area contributed by atoms with Crippen molar-refractivity contribution in [3.8, 4) is 0 Å². The number of carbonyl (C=O) groups is 1. The van der Waals surface area contributed by atoms with E-state index in [0.29, 0.717) is 11.8 Å². The van der Waals surface area contributed by atoms with E-state index in [-0.39, 0.29) is 5.41 Å². The molecule has 4 saturated carbocycles. The molecule has 0 heterocycles. The molecule has 112 valence electrons. The molecule has 21 heavy (non-hydrogen) atoms. The summed E-state index contributed by atoms with van der Waals surface area (Å²) >= 11 is 6.01. The minimum absolute atomic E-state index is 0.0874. The van der Waals surface area contributed by atoms with Gasteiger partial charge in [-0.25, -0.2) is 4.79 Å². The van der Waals surface area contributed by atoms with E-state index in [9.17, 15) is 4.79 Å². The van der Waals surface area contributed by atoms with Gasteiger partial charge in [0.2, 0.25) is 0 Å². The largest absolute Gasteiger partial charge is 0.506 e. The predicted molar refractivity (Wildman–Crippen MR) is 79.7 cm³/mol. The van der Waals surface area contributed by atoms with Crippen LogP contribution in [0.2, 0.25) is 5.02 Å². The van der Waals surface area contributed by atoms with E-state index >= 15 is 0 Å². The van der Waals surface area contributed by atoms with Crippen LogP contribution in [0, 0.1) is 11.8 Å². The van der Waals surface area contributed by atoms with E-state index in [0.717, 1.165) is 37.1 Å². The van der Waals surface area contributed by atoms with E-state index in [1.807, 2.05) is 12.1 Å². The molecule has 1 N–H and O–H groups in total. The van der Waals surface area contributed by atoms with Crippen molar-refractivity contribution in [3.05, 3.63) is 34.9 Å². The van der Waals surface area contributed by atoms with Gasteiger partial charge in [-0.1, -0.05) is 23.7 Å². The molecule has 0 amide bonds. The summed E-state index contributed by atoms with van der Waals surface area (Å²) in [6.45, 7) is 0. The van der Waals surface area contributed by atoms with Crippen LogP contribution in [0.3, 0.4) is 0 Å². The van der Waals surface area contributed by atoms with Crippen molar-refractivity contribution in [1.29, 1.82) is 0 Å². The Morgan fingerprint density at radius 1 is 1.14 bits per heavy atom. The van der Waals surface area contributed by atoms with E-state index in [4.69, 9.17) is 21.4 Å². The Bertz CT molecular complexity index is 566. The number of rotatable bonds is 2. The topological polar surface area (TPSA) is 46.5 Å². The lowest BCUT2D eigenvalue weighted by molar-refractivity contribution is -0.148. The van der Waals surface area contributed by atoms with Crippen LogP contribution < -0.4 is 0 Å². The van der Waals surface area contributed by atoms with Crippen LogP contribution in [0.4, 0.5) is 4.79 Å². The number of ether oxygens (including phenoxy) is 1. The van der Waals surface area contributed by atoms with Gasteiger partial charge in [0.15, 0.2) is 0 Å². The third-order valence-electron chi connectivity index (χ3n) is 5.77. The standard InChI is InChI=1S/C17H19ClO3/c18-14-3-1-13(2-4-14)16-6-11-5-12(7-16)9-17(8-11,10-16)21-15(19)20/h1-4,11-12H,5-10H2,(H,19,20). The first-order valence-electron chi connectivity index (χ1n) is 7.67. The highest BCUT2D eigenvalue weighted by atomic mass is 35.5. The van der Waals surface area contributed by atoms with Crippen molar-refractivity contribution in [3.63, 3.8) is 0 Å². The summed E-state index contributed by atoms with van der Waals surface area (Å²) in [5.41, 5.74) is 0.944. The average Bonchev–Trinajstić information content (AvgIpc) is 2.35. The van der Waals surface area contributed by atoms with E-state index in [1.54, 1.807) is 0 Å². The molecule has 4 bridgehead atoms. The lowest BCUT2D eigenvalue weighted by atomic mass is 9.46. The number of hydrogen-bond acceptors (Lipinski definition) is 2. The number of carboxylic acid groups (broad SMARTS) is 1. The van der Waals surface area contributed by atoms with Crippen LogP contribution in [0.25, 0.3) is 0 Å². The second-order valence-electron chi connectivity index (χ2n) is 7.30. The van der Waals surface area contributed by atoms with Crippen LogP contribution in [0.1, 0.15) is 44.1 Å². The molecule has 4 aliphatic rings. The van der Waals surface area contributed by atoms with Crippen LogP contribution in [0.5, 0.6) is 0 Å². The SMILES string of the molecule is O=C(O)OC12CC3CC(C1)CC(c1ccc(Cl)cc1)(C3)C2. The summed E-state index contributed by atoms with van der Waals surface area (Å²) in [5.74, 6) is 1.20. The van der Waals surface area contributed by atoms with Crippen LogP contribution >= 0.6 is 11.6 Å². The maximum Gasteiger partial charge on any atom is 0.506 e. The highest BCUT2D eigenvalue weighted by Crippen LogP contribution is 2.63. The fourth-order valence-electron chi connectivity index (χ4n) is 5.62. The fraction of sp³-hybridized carbons (Fsp3) is 0.588. The summed E-state index contributed by atoms with van der Waals surface area (Å²) < 4.78 is 5.41. The molecule has 4 heteroatoms. The molecular weight excluding hydrogens is 288 g/mol. The highest BCUT2D eigenvalue weighted by Gasteiger charge is 2.60. The van der Waals surface area contributed by atoms with Crippen molar-refractivity contribution in [2.45, 2.75) is 49.5 Å². The average molecular weight is 307 g/mol. The molecule has 2 atom stereocenters. The molecule has 0 aromatic heterocycles. The Balaban J connectivity index is 1.73. The Kier molecular flexibility index (Phi) is 2.81. The quantitative estimate of drug-likeness (QED) is 0.811. The number of hydrogen-bond donors (Lipinski definition) is 1. The van der Waals surface area contributed by atoms with E-state index < -0.39 is 11.8 Å². The minimum Gasteiger partial charge on any atom is -0.450 e. The zero-order valence-corrected chi connectivity index (χ0v) is 12.6. The summed E-state index contributed by atoms with van der Waals surface area (Å²) in [4.78, 5) is 11.1. The Morgan fingerprint density at radius 2 is 1.76 bits per heavy atom. The smallest absolute Gasteiger partial charge is 0.450 e. The summed E-state index contributed by atoms with van der Waals surface area (Å²) in [6.07, 6.45) is 5.09. The molecule has 0 aliphatic heterocycles. The number of halogens is 1. The van der Waals surface area contributed by atoms with Gasteiger partial charge < -0.3 is 9.84 Å². The van der Waals surface area contributed by atoms with Gasteiger partial charge in [-0.3, -0.25) is 0 Å². The molecule has 3 nitrogen and oxygen atoms in total. The van der Waals surface area contributed by atoms with Crippen molar-refractivity contribution in [2.24, 2.45) is 11.8 Å². The molecule has 0 saturated heterocycles. The summed E-state index contributed by atoms with van der Waals surface area (Å²) in [7, 11) is 0. The van der Waals surface area contributed by atoms with Gasteiger partial charge in [-0.05, 0) is 73.5 Å². The third-order valence-corrected chi connectivity index (χ3v) is 6.02. The van der Waals surface area contributed by atoms with Crippen LogP contribution in [-0.4, -0.2) is 16.9 Å². The fourth-order valence-corrected chi connectivity index (χ4v) is 5.75. The molecule has 1 aromatic carbocycles. The molecule has 4 fully saturated rings. The zero-order chi connectivity index (χ0) is 14.7. The first-order chi connectivity index (χ1) is 9.99. The molecular formula is C17H19ClO3. The van der Waals surface area contributed by atoms with Gasteiger partial charge in [0.25, 0.3) is 0 Å². The van der Waals surface area contributed by atoms with Crippen LogP contribution in [0.15, 0.2) is 24.3 Å². The second-order valence-corrected chi connectivity index (χ2v) is 7.74. The van der Waals surface area contributed by atoms with Crippen molar-refractivity contribution >= 4 is 17.8 Å². The van der Waals surface area contributed by atoms with Gasteiger partial charge >= 0.3 is 6.16 Å². The molecule has 0 radical (unpaired) electrons. The molecule has 5 rings (SSSR count). The summed E-state index contributed by atoms with van der Waals surface area (Å²) in [5, 5.41) is 9.87. The first kappa shape index (κ1) is 13.4. The van der Waals surface area contributed by atoms with Gasteiger partial charge in [-0.2, -0.15) is 0 Å². The van der Waals surface area contributed by atoms with E-state index in [2.05, 4.69) is 12.1 Å². The molecule has 4 aliphatic carbocycles. The zero-order valence-electron chi connectivity index (χ0n) is 11.8. The van der Waals surface area contributed by atoms with E-state index in [1.165, 1.54) is 12.0 Å². The van der Waals surface area contributed by atoms with Gasteiger partial charge in [0, 0.05) is 5.02 Å². The second kappa shape index (κ2) is 4.39. The monoisotopic (exact) mass is 306 g/mol. The Hall–Kier alpha value is -1.22. The molecule has 0 spiro atoms.